The second-order valence-corrected chi connectivity index (χ2v) is 4.51. The van der Waals surface area contributed by atoms with E-state index in [1.807, 2.05) is 6.07 Å². The van der Waals surface area contributed by atoms with Gasteiger partial charge < -0.3 is 5.73 Å². The summed E-state index contributed by atoms with van der Waals surface area (Å²) in [5.41, 5.74) is 6.20. The molecule has 0 unspecified atom stereocenters. The van der Waals surface area contributed by atoms with Gasteiger partial charge in [-0.1, -0.05) is 6.07 Å². The number of hydrogen-bond acceptors (Lipinski definition) is 3. The summed E-state index contributed by atoms with van der Waals surface area (Å²) >= 11 is 1.60. The highest BCUT2D eigenvalue weighted by atomic mass is 32.2. The Labute approximate surface area is 97.5 Å². The molecule has 2 rings (SSSR count). The van der Waals surface area contributed by atoms with Gasteiger partial charge in [-0.3, -0.25) is 4.68 Å². The smallest absolute Gasteiger partial charge is 0.124 e. The zero-order chi connectivity index (χ0) is 11.4. The van der Waals surface area contributed by atoms with E-state index in [0.717, 1.165) is 17.2 Å². The number of benzene rings is 1. The molecule has 1 aromatic carbocycles. The van der Waals surface area contributed by atoms with Crippen molar-refractivity contribution in [3.8, 4) is 0 Å². The van der Waals surface area contributed by atoms with E-state index in [9.17, 15) is 4.39 Å². The molecule has 0 bridgehead atoms. The Morgan fingerprint density at radius 1 is 1.44 bits per heavy atom. The molecule has 0 spiro atoms. The average Bonchev–Trinajstić information content (AvgIpc) is 2.64. The Morgan fingerprint density at radius 2 is 2.31 bits per heavy atom. The van der Waals surface area contributed by atoms with Crippen LogP contribution in [0.25, 0.3) is 0 Å². The monoisotopic (exact) mass is 237 g/mol. The molecule has 0 saturated carbocycles. The first-order valence-electron chi connectivity index (χ1n) is 4.90. The minimum Gasteiger partial charge on any atom is -0.396 e. The fourth-order valence-corrected chi connectivity index (χ4v) is 2.20. The Hall–Kier alpha value is -1.49. The summed E-state index contributed by atoms with van der Waals surface area (Å²) in [7, 11) is 0. The van der Waals surface area contributed by atoms with E-state index in [4.69, 9.17) is 5.73 Å². The van der Waals surface area contributed by atoms with Crippen LogP contribution in [0.15, 0.2) is 41.6 Å². The van der Waals surface area contributed by atoms with Gasteiger partial charge in [-0.05, 0) is 18.2 Å². The lowest BCUT2D eigenvalue weighted by Crippen LogP contribution is -2.00. The molecule has 2 aromatic rings. The van der Waals surface area contributed by atoms with Gasteiger partial charge in [0.05, 0.1) is 18.4 Å². The number of hydrogen-bond donors (Lipinski definition) is 1. The van der Waals surface area contributed by atoms with Crippen LogP contribution in [-0.4, -0.2) is 15.5 Å². The first-order chi connectivity index (χ1) is 7.74. The Balaban J connectivity index is 1.84. The number of halogens is 1. The maximum absolute atomic E-state index is 12.9. The summed E-state index contributed by atoms with van der Waals surface area (Å²) in [6.07, 6.45) is 3.40. The second-order valence-electron chi connectivity index (χ2n) is 3.34. The number of aromatic nitrogens is 2. The van der Waals surface area contributed by atoms with Crippen molar-refractivity contribution in [2.75, 3.05) is 11.5 Å². The molecule has 1 heterocycles. The van der Waals surface area contributed by atoms with Crippen molar-refractivity contribution in [3.63, 3.8) is 0 Å². The zero-order valence-corrected chi connectivity index (χ0v) is 9.45. The van der Waals surface area contributed by atoms with Gasteiger partial charge >= 0.3 is 0 Å². The molecular formula is C11H12FN3S. The molecule has 0 aliphatic heterocycles. The Bertz CT molecular complexity index is 470. The van der Waals surface area contributed by atoms with Gasteiger partial charge in [-0.15, -0.1) is 11.8 Å². The summed E-state index contributed by atoms with van der Waals surface area (Å²) < 4.78 is 14.7. The fraction of sp³-hybridized carbons (Fsp3) is 0.182. The van der Waals surface area contributed by atoms with Gasteiger partial charge in [0.2, 0.25) is 0 Å². The first kappa shape index (κ1) is 11.0. The molecule has 0 atom stereocenters. The Kier molecular flexibility index (Phi) is 3.46. The van der Waals surface area contributed by atoms with E-state index in [1.165, 1.54) is 12.1 Å². The predicted octanol–water partition coefficient (Wildman–Crippen LogP) is 2.40. The summed E-state index contributed by atoms with van der Waals surface area (Å²) in [6, 6.07) is 6.58. The van der Waals surface area contributed by atoms with Crippen LogP contribution in [0.5, 0.6) is 0 Å². The van der Waals surface area contributed by atoms with Crippen molar-refractivity contribution >= 4 is 17.4 Å². The average molecular weight is 237 g/mol. The molecule has 0 radical (unpaired) electrons. The second kappa shape index (κ2) is 5.03. The standard InChI is InChI=1S/C11H12FN3S/c12-9-2-1-3-11(6-9)16-5-4-15-8-10(13)7-14-15/h1-3,6-8H,4-5,13H2. The lowest BCUT2D eigenvalue weighted by Gasteiger charge is -2.02. The highest BCUT2D eigenvalue weighted by Crippen LogP contribution is 2.18. The number of aryl methyl sites for hydroxylation is 1. The molecule has 16 heavy (non-hydrogen) atoms. The Morgan fingerprint density at radius 3 is 3.00 bits per heavy atom. The molecule has 0 amide bonds. The molecule has 0 saturated heterocycles. The van der Waals surface area contributed by atoms with Crippen molar-refractivity contribution in [3.05, 3.63) is 42.5 Å². The summed E-state index contributed by atoms with van der Waals surface area (Å²) in [4.78, 5) is 0.931. The number of nitrogen functional groups attached to an aromatic ring is 1. The van der Waals surface area contributed by atoms with Crippen LogP contribution in [-0.2, 0) is 6.54 Å². The van der Waals surface area contributed by atoms with Gasteiger partial charge in [0, 0.05) is 16.8 Å². The summed E-state index contributed by atoms with van der Waals surface area (Å²) in [5.74, 6) is 0.637. The fourth-order valence-electron chi connectivity index (χ4n) is 1.32. The minimum atomic E-state index is -0.201. The SMILES string of the molecule is Nc1cnn(CCSc2cccc(F)c2)c1. The highest BCUT2D eigenvalue weighted by Gasteiger charge is 1.98. The maximum atomic E-state index is 12.9. The third-order valence-corrected chi connectivity index (χ3v) is 3.01. The van der Waals surface area contributed by atoms with Gasteiger partial charge in [-0.2, -0.15) is 5.10 Å². The lowest BCUT2D eigenvalue weighted by molar-refractivity contribution is 0.624. The molecule has 84 valence electrons. The van der Waals surface area contributed by atoms with Crippen LogP contribution in [0, 0.1) is 5.82 Å². The molecule has 2 N–H and O–H groups in total. The summed E-state index contributed by atoms with van der Waals surface area (Å²) in [6.45, 7) is 0.762. The van der Waals surface area contributed by atoms with E-state index in [-0.39, 0.29) is 5.82 Å². The van der Waals surface area contributed by atoms with Crippen LogP contribution in [0.4, 0.5) is 10.1 Å². The van der Waals surface area contributed by atoms with Crippen molar-refractivity contribution in [1.29, 1.82) is 0 Å². The zero-order valence-electron chi connectivity index (χ0n) is 8.64. The molecular weight excluding hydrogens is 225 g/mol. The van der Waals surface area contributed by atoms with E-state index >= 15 is 0 Å². The predicted molar refractivity (Wildman–Crippen MR) is 63.8 cm³/mol. The van der Waals surface area contributed by atoms with E-state index in [2.05, 4.69) is 5.10 Å². The molecule has 3 nitrogen and oxygen atoms in total. The third kappa shape index (κ3) is 3.00. The van der Waals surface area contributed by atoms with Crippen molar-refractivity contribution in [2.24, 2.45) is 0 Å². The number of nitrogens with zero attached hydrogens (tertiary/aromatic N) is 2. The molecule has 5 heteroatoms. The highest BCUT2D eigenvalue weighted by molar-refractivity contribution is 7.99. The summed E-state index contributed by atoms with van der Waals surface area (Å²) in [5, 5.41) is 4.07. The van der Waals surface area contributed by atoms with Crippen LogP contribution in [0.1, 0.15) is 0 Å². The van der Waals surface area contributed by atoms with Gasteiger partial charge in [0.15, 0.2) is 0 Å². The quantitative estimate of drug-likeness (QED) is 0.830. The molecule has 0 aliphatic carbocycles. The number of nitrogens with two attached hydrogens (primary N) is 1. The van der Waals surface area contributed by atoms with Gasteiger partial charge in [-0.25, -0.2) is 4.39 Å². The largest absolute Gasteiger partial charge is 0.396 e. The number of rotatable bonds is 4. The molecule has 1 aromatic heterocycles. The first-order valence-corrected chi connectivity index (χ1v) is 5.89. The van der Waals surface area contributed by atoms with Gasteiger partial charge in [0.25, 0.3) is 0 Å². The molecule has 0 fully saturated rings. The van der Waals surface area contributed by atoms with Crippen LogP contribution in [0.3, 0.4) is 0 Å². The number of thioether (sulfide) groups is 1. The van der Waals surface area contributed by atoms with Crippen molar-refractivity contribution < 1.29 is 4.39 Å². The minimum absolute atomic E-state index is 0.201. The van der Waals surface area contributed by atoms with Crippen LogP contribution >= 0.6 is 11.8 Å². The van der Waals surface area contributed by atoms with Crippen molar-refractivity contribution in [1.82, 2.24) is 9.78 Å². The van der Waals surface area contributed by atoms with E-state index < -0.39 is 0 Å². The van der Waals surface area contributed by atoms with Crippen molar-refractivity contribution in [2.45, 2.75) is 11.4 Å². The lowest BCUT2D eigenvalue weighted by atomic mass is 10.4. The molecule has 0 aliphatic rings. The number of anilines is 1. The van der Waals surface area contributed by atoms with Crippen LogP contribution < -0.4 is 5.73 Å². The maximum Gasteiger partial charge on any atom is 0.124 e. The normalized spacial score (nSPS) is 10.6. The van der Waals surface area contributed by atoms with Crippen LogP contribution in [0.2, 0.25) is 0 Å². The topological polar surface area (TPSA) is 43.8 Å². The third-order valence-electron chi connectivity index (χ3n) is 2.04. The van der Waals surface area contributed by atoms with Gasteiger partial charge in [0.1, 0.15) is 5.82 Å². The van der Waals surface area contributed by atoms with E-state index in [1.54, 1.807) is 34.9 Å². The van der Waals surface area contributed by atoms with E-state index in [0.29, 0.717) is 5.69 Å².